The minimum Gasteiger partial charge on any atom is -0.313 e. The van der Waals surface area contributed by atoms with Crippen molar-refractivity contribution in [3.8, 4) is 0 Å². The summed E-state index contributed by atoms with van der Waals surface area (Å²) in [6, 6.07) is 8.33. The molecular weight excluding hydrogens is 182 g/mol. The highest BCUT2D eigenvalue weighted by Crippen LogP contribution is 2.27. The highest BCUT2D eigenvalue weighted by molar-refractivity contribution is 6.31. The minimum atomic E-state index is 0.341. The van der Waals surface area contributed by atoms with Crippen LogP contribution in [0.3, 0.4) is 0 Å². The molecule has 1 rings (SSSR count). The van der Waals surface area contributed by atoms with Gasteiger partial charge in [0.05, 0.1) is 0 Å². The molecule has 0 amide bonds. The average Bonchev–Trinajstić information content (AvgIpc) is 2.09. The van der Waals surface area contributed by atoms with Crippen LogP contribution in [0.15, 0.2) is 24.3 Å². The molecule has 0 aromatic heterocycles. The van der Waals surface area contributed by atoms with Crippen LogP contribution in [0.4, 0.5) is 0 Å². The van der Waals surface area contributed by atoms with E-state index in [1.807, 2.05) is 25.2 Å². The second-order valence-electron chi connectivity index (χ2n) is 3.53. The van der Waals surface area contributed by atoms with Crippen LogP contribution in [0, 0.1) is 5.92 Å². The molecule has 0 heterocycles. The van der Waals surface area contributed by atoms with Crippen molar-refractivity contribution in [3.63, 3.8) is 0 Å². The molecule has 72 valence electrons. The van der Waals surface area contributed by atoms with Gasteiger partial charge in [0, 0.05) is 11.1 Å². The maximum absolute atomic E-state index is 6.10. The van der Waals surface area contributed by atoms with Gasteiger partial charge in [-0.25, -0.2) is 0 Å². The van der Waals surface area contributed by atoms with Gasteiger partial charge in [0.1, 0.15) is 0 Å². The van der Waals surface area contributed by atoms with Gasteiger partial charge < -0.3 is 5.32 Å². The SMILES string of the molecule is CN[C@H](c1ccccc1Cl)C(C)C. The maximum Gasteiger partial charge on any atom is 0.0453 e. The number of hydrogen-bond donors (Lipinski definition) is 1. The first-order valence-electron chi connectivity index (χ1n) is 4.58. The topological polar surface area (TPSA) is 12.0 Å². The van der Waals surface area contributed by atoms with E-state index in [0.717, 1.165) is 5.02 Å². The van der Waals surface area contributed by atoms with Gasteiger partial charge in [-0.05, 0) is 24.6 Å². The Morgan fingerprint density at radius 2 is 1.85 bits per heavy atom. The van der Waals surface area contributed by atoms with Crippen LogP contribution in [0.2, 0.25) is 5.02 Å². The molecule has 0 fully saturated rings. The average molecular weight is 198 g/mol. The number of hydrogen-bond acceptors (Lipinski definition) is 1. The molecule has 1 nitrogen and oxygen atoms in total. The van der Waals surface area contributed by atoms with E-state index in [0.29, 0.717) is 12.0 Å². The molecule has 13 heavy (non-hydrogen) atoms. The fourth-order valence-corrected chi connectivity index (χ4v) is 1.83. The molecule has 0 aliphatic carbocycles. The van der Waals surface area contributed by atoms with E-state index in [4.69, 9.17) is 11.6 Å². The van der Waals surface area contributed by atoms with Gasteiger partial charge in [-0.15, -0.1) is 0 Å². The summed E-state index contributed by atoms with van der Waals surface area (Å²) >= 11 is 6.10. The first-order chi connectivity index (χ1) is 6.16. The van der Waals surface area contributed by atoms with Crippen molar-refractivity contribution < 1.29 is 0 Å². The Labute approximate surface area is 85.1 Å². The summed E-state index contributed by atoms with van der Waals surface area (Å²) in [5, 5.41) is 4.12. The zero-order chi connectivity index (χ0) is 9.84. The van der Waals surface area contributed by atoms with Crippen LogP contribution in [0.5, 0.6) is 0 Å². The predicted molar refractivity (Wildman–Crippen MR) is 58.1 cm³/mol. The summed E-state index contributed by atoms with van der Waals surface area (Å²) in [6.45, 7) is 4.37. The van der Waals surface area contributed by atoms with E-state index in [-0.39, 0.29) is 0 Å². The summed E-state index contributed by atoms with van der Waals surface area (Å²) in [7, 11) is 1.97. The molecule has 0 unspecified atom stereocenters. The summed E-state index contributed by atoms with van der Waals surface area (Å²) in [5.74, 6) is 0.546. The predicted octanol–water partition coefficient (Wildman–Crippen LogP) is 3.26. The van der Waals surface area contributed by atoms with E-state index >= 15 is 0 Å². The number of halogens is 1. The van der Waals surface area contributed by atoms with Gasteiger partial charge in [-0.2, -0.15) is 0 Å². The van der Waals surface area contributed by atoms with Crippen LogP contribution in [-0.2, 0) is 0 Å². The van der Waals surface area contributed by atoms with Crippen molar-refractivity contribution in [1.82, 2.24) is 5.32 Å². The Kier molecular flexibility index (Phi) is 3.76. The number of benzene rings is 1. The van der Waals surface area contributed by atoms with E-state index in [2.05, 4.69) is 25.2 Å². The van der Waals surface area contributed by atoms with Crippen molar-refractivity contribution in [2.45, 2.75) is 19.9 Å². The lowest BCUT2D eigenvalue weighted by Crippen LogP contribution is -2.21. The van der Waals surface area contributed by atoms with Gasteiger partial charge in [0.25, 0.3) is 0 Å². The first kappa shape index (κ1) is 10.6. The van der Waals surface area contributed by atoms with Gasteiger partial charge in [0.15, 0.2) is 0 Å². The summed E-state index contributed by atoms with van der Waals surface area (Å²) in [6.07, 6.45) is 0. The Morgan fingerprint density at radius 1 is 1.23 bits per heavy atom. The molecule has 1 atom stereocenters. The molecule has 0 aliphatic rings. The fraction of sp³-hybridized carbons (Fsp3) is 0.455. The normalized spacial score (nSPS) is 13.3. The standard InChI is InChI=1S/C11H16ClN/c1-8(2)11(13-3)9-6-4-5-7-10(9)12/h4-8,11,13H,1-3H3/t11-/m0/s1. The van der Waals surface area contributed by atoms with Crippen molar-refractivity contribution >= 4 is 11.6 Å². The van der Waals surface area contributed by atoms with Gasteiger partial charge in [-0.1, -0.05) is 43.6 Å². The Bertz CT molecular complexity index is 271. The molecule has 1 aromatic rings. The smallest absolute Gasteiger partial charge is 0.0453 e. The van der Waals surface area contributed by atoms with Crippen LogP contribution in [0.25, 0.3) is 0 Å². The largest absolute Gasteiger partial charge is 0.313 e. The first-order valence-corrected chi connectivity index (χ1v) is 4.96. The van der Waals surface area contributed by atoms with Crippen molar-refractivity contribution in [1.29, 1.82) is 0 Å². The molecule has 0 saturated carbocycles. The zero-order valence-corrected chi connectivity index (χ0v) is 9.10. The second-order valence-corrected chi connectivity index (χ2v) is 3.94. The van der Waals surface area contributed by atoms with Gasteiger partial charge >= 0.3 is 0 Å². The van der Waals surface area contributed by atoms with Crippen molar-refractivity contribution in [2.24, 2.45) is 5.92 Å². The molecule has 0 saturated heterocycles. The summed E-state index contributed by atoms with van der Waals surface area (Å²) in [4.78, 5) is 0. The second kappa shape index (κ2) is 4.64. The molecule has 0 spiro atoms. The Balaban J connectivity index is 2.97. The molecular formula is C11H16ClN. The maximum atomic E-state index is 6.10. The lowest BCUT2D eigenvalue weighted by atomic mass is 9.96. The molecule has 2 heteroatoms. The number of rotatable bonds is 3. The van der Waals surface area contributed by atoms with Gasteiger partial charge in [0.2, 0.25) is 0 Å². The van der Waals surface area contributed by atoms with Crippen molar-refractivity contribution in [3.05, 3.63) is 34.9 Å². The summed E-state index contributed by atoms with van der Waals surface area (Å²) in [5.41, 5.74) is 1.18. The zero-order valence-electron chi connectivity index (χ0n) is 8.34. The van der Waals surface area contributed by atoms with E-state index in [1.165, 1.54) is 5.56 Å². The Hall–Kier alpha value is -0.530. The molecule has 0 radical (unpaired) electrons. The van der Waals surface area contributed by atoms with Crippen LogP contribution < -0.4 is 5.32 Å². The van der Waals surface area contributed by atoms with Crippen LogP contribution in [-0.4, -0.2) is 7.05 Å². The van der Waals surface area contributed by atoms with Crippen molar-refractivity contribution in [2.75, 3.05) is 7.05 Å². The van der Waals surface area contributed by atoms with Crippen LogP contribution in [0.1, 0.15) is 25.5 Å². The third-order valence-electron chi connectivity index (χ3n) is 2.22. The minimum absolute atomic E-state index is 0.341. The lowest BCUT2D eigenvalue weighted by molar-refractivity contribution is 0.443. The Morgan fingerprint density at radius 3 is 2.31 bits per heavy atom. The third-order valence-corrected chi connectivity index (χ3v) is 2.56. The van der Waals surface area contributed by atoms with Gasteiger partial charge in [-0.3, -0.25) is 0 Å². The molecule has 0 aliphatic heterocycles. The monoisotopic (exact) mass is 197 g/mol. The molecule has 1 aromatic carbocycles. The lowest BCUT2D eigenvalue weighted by Gasteiger charge is -2.21. The van der Waals surface area contributed by atoms with Crippen LogP contribution >= 0.6 is 11.6 Å². The highest BCUT2D eigenvalue weighted by Gasteiger charge is 2.15. The van der Waals surface area contributed by atoms with E-state index in [1.54, 1.807) is 0 Å². The summed E-state index contributed by atoms with van der Waals surface area (Å²) < 4.78 is 0. The highest BCUT2D eigenvalue weighted by atomic mass is 35.5. The molecule has 1 N–H and O–H groups in total. The fourth-order valence-electron chi connectivity index (χ4n) is 1.58. The van der Waals surface area contributed by atoms with E-state index in [9.17, 15) is 0 Å². The molecule has 0 bridgehead atoms. The quantitative estimate of drug-likeness (QED) is 0.785. The third kappa shape index (κ3) is 2.45. The number of nitrogens with one attached hydrogen (secondary N) is 1. The van der Waals surface area contributed by atoms with E-state index < -0.39 is 0 Å².